The van der Waals surface area contributed by atoms with Gasteiger partial charge in [0.25, 0.3) is 11.8 Å². The van der Waals surface area contributed by atoms with Crippen molar-refractivity contribution in [2.45, 2.75) is 25.3 Å². The minimum Gasteiger partial charge on any atom is -0.379 e. The second-order valence-corrected chi connectivity index (χ2v) is 13.0. The van der Waals surface area contributed by atoms with Crippen LogP contribution in [0.25, 0.3) is 23.0 Å². The van der Waals surface area contributed by atoms with Crippen molar-refractivity contribution >= 4 is 27.9 Å². The number of aryl methyl sites for hydroxylation is 1. The minimum absolute atomic E-state index is 0.00528. The Hall–Kier alpha value is -5.15. The fourth-order valence-electron chi connectivity index (χ4n) is 5.48. The molecular weight excluding hydrogens is 602 g/mol. The molecule has 0 N–H and O–H groups in total. The van der Waals surface area contributed by atoms with Gasteiger partial charge in [0.2, 0.25) is 10.0 Å². The van der Waals surface area contributed by atoms with Crippen LogP contribution in [0.2, 0.25) is 0 Å². The maximum atomic E-state index is 13.9. The summed E-state index contributed by atoms with van der Waals surface area (Å²) >= 11 is 0. The van der Waals surface area contributed by atoms with Crippen LogP contribution in [0, 0.1) is 18.3 Å². The Labute approximate surface area is 267 Å². The van der Waals surface area contributed by atoms with Crippen LogP contribution < -0.4 is 0 Å². The molecule has 1 aromatic heterocycles. The summed E-state index contributed by atoms with van der Waals surface area (Å²) in [6.45, 7) is 4.72. The molecule has 46 heavy (non-hydrogen) atoms. The number of imide groups is 1. The molecule has 0 unspecified atom stereocenters. The molecular formula is C35H31N5O5S. The highest BCUT2D eigenvalue weighted by Gasteiger charge is 2.36. The first-order valence-electron chi connectivity index (χ1n) is 14.8. The van der Waals surface area contributed by atoms with Gasteiger partial charge in [0.15, 0.2) is 0 Å². The quantitative estimate of drug-likeness (QED) is 0.214. The number of ether oxygens (including phenoxy) is 1. The lowest BCUT2D eigenvalue weighted by atomic mass is 9.93. The maximum Gasteiger partial charge on any atom is 0.271 e. The van der Waals surface area contributed by atoms with Crippen molar-refractivity contribution in [3.63, 3.8) is 0 Å². The molecule has 0 radical (unpaired) electrons. The van der Waals surface area contributed by atoms with E-state index in [4.69, 9.17) is 9.84 Å². The van der Waals surface area contributed by atoms with Crippen LogP contribution in [-0.2, 0) is 30.9 Å². The first-order chi connectivity index (χ1) is 22.2. The van der Waals surface area contributed by atoms with Crippen LogP contribution in [0.3, 0.4) is 0 Å². The molecule has 11 heteroatoms. The Balaban J connectivity index is 1.47. The number of aromatic nitrogens is 2. The van der Waals surface area contributed by atoms with Gasteiger partial charge >= 0.3 is 0 Å². The average Bonchev–Trinajstić information content (AvgIpc) is 3.51. The monoisotopic (exact) mass is 633 g/mol. The molecule has 4 aromatic rings. The van der Waals surface area contributed by atoms with Gasteiger partial charge in [-0.15, -0.1) is 0 Å². The molecule has 3 heterocycles. The van der Waals surface area contributed by atoms with Crippen LogP contribution in [0.4, 0.5) is 0 Å². The molecule has 6 rings (SSSR count). The first-order valence-corrected chi connectivity index (χ1v) is 16.2. The molecule has 1 saturated heterocycles. The second-order valence-electron chi connectivity index (χ2n) is 11.1. The molecule has 0 atom stereocenters. The number of morpholine rings is 1. The summed E-state index contributed by atoms with van der Waals surface area (Å²) in [4.78, 5) is 28.4. The summed E-state index contributed by atoms with van der Waals surface area (Å²) < 4.78 is 35.4. The molecule has 232 valence electrons. The largest absolute Gasteiger partial charge is 0.379 e. The van der Waals surface area contributed by atoms with Gasteiger partial charge in [-0.25, -0.2) is 13.1 Å². The van der Waals surface area contributed by atoms with E-state index in [0.29, 0.717) is 30.0 Å². The smallest absolute Gasteiger partial charge is 0.271 e. The maximum absolute atomic E-state index is 13.9. The molecule has 2 aliphatic heterocycles. The zero-order valence-electron chi connectivity index (χ0n) is 25.4. The third-order valence-electron chi connectivity index (χ3n) is 8.07. The van der Waals surface area contributed by atoms with Crippen LogP contribution in [0.5, 0.6) is 0 Å². The Kier molecular flexibility index (Phi) is 8.51. The van der Waals surface area contributed by atoms with Crippen molar-refractivity contribution in [2.75, 3.05) is 26.3 Å². The lowest BCUT2D eigenvalue weighted by Gasteiger charge is -2.27. The van der Waals surface area contributed by atoms with Crippen molar-refractivity contribution in [3.8, 4) is 23.0 Å². The first kappa shape index (κ1) is 30.9. The number of sulfonamides is 1. The van der Waals surface area contributed by atoms with E-state index < -0.39 is 21.8 Å². The number of rotatable bonds is 7. The van der Waals surface area contributed by atoms with Gasteiger partial charge in [0.05, 0.1) is 30.3 Å². The standard InChI is InChI=1S/C35H31N5O5S/c1-24-11-13-26(14-12-24)22-39-34(41)31(25(2)32(21-36)35(39)42)20-28-23-40(29-8-4-3-5-9-29)37-33(28)27-7-6-10-30(19-27)46(43,44)38-15-17-45-18-16-38/h3-14,19-20,23H,15-18,22H2,1-2H3/b31-20+. The van der Waals surface area contributed by atoms with Crippen LogP contribution in [0.15, 0.2) is 107 Å². The number of nitrogens with zero attached hydrogens (tertiary/aromatic N) is 5. The lowest BCUT2D eigenvalue weighted by molar-refractivity contribution is -0.141. The van der Waals surface area contributed by atoms with Crippen molar-refractivity contribution in [2.24, 2.45) is 0 Å². The third-order valence-corrected chi connectivity index (χ3v) is 9.96. The van der Waals surface area contributed by atoms with Gasteiger partial charge < -0.3 is 4.74 Å². The van der Waals surface area contributed by atoms with E-state index in [1.165, 1.54) is 4.31 Å². The minimum atomic E-state index is -3.79. The predicted molar refractivity (Wildman–Crippen MR) is 172 cm³/mol. The van der Waals surface area contributed by atoms with Gasteiger partial charge in [-0.2, -0.15) is 14.7 Å². The van der Waals surface area contributed by atoms with E-state index in [1.54, 1.807) is 48.1 Å². The SMILES string of the molecule is CC1=C(C#N)C(=O)N(Cc2ccc(C)cc2)C(=O)/C1=C/c1cn(-c2ccccc2)nc1-c1cccc(S(=O)(=O)N2CCOCC2)c1. The second kappa shape index (κ2) is 12.7. The topological polar surface area (TPSA) is 126 Å². The Bertz CT molecular complexity index is 2030. The summed E-state index contributed by atoms with van der Waals surface area (Å²) in [6.07, 6.45) is 3.36. The molecule has 0 aliphatic carbocycles. The van der Waals surface area contributed by atoms with E-state index in [9.17, 15) is 23.3 Å². The third kappa shape index (κ3) is 5.93. The number of benzene rings is 3. The van der Waals surface area contributed by atoms with E-state index in [-0.39, 0.29) is 41.2 Å². The number of nitriles is 1. The molecule has 2 amide bonds. The molecule has 0 bridgehead atoms. The average molecular weight is 634 g/mol. The normalized spacial score (nSPS) is 17.1. The van der Waals surface area contributed by atoms with E-state index in [1.807, 2.05) is 67.6 Å². The summed E-state index contributed by atoms with van der Waals surface area (Å²) in [5.74, 6) is -1.19. The van der Waals surface area contributed by atoms with Crippen LogP contribution >= 0.6 is 0 Å². The molecule has 10 nitrogen and oxygen atoms in total. The molecule has 1 fully saturated rings. The number of para-hydroxylation sites is 1. The van der Waals surface area contributed by atoms with Crippen molar-refractivity contribution in [3.05, 3.63) is 118 Å². The van der Waals surface area contributed by atoms with Crippen molar-refractivity contribution in [1.82, 2.24) is 19.0 Å². The zero-order valence-corrected chi connectivity index (χ0v) is 26.2. The van der Waals surface area contributed by atoms with Crippen molar-refractivity contribution in [1.29, 1.82) is 5.26 Å². The Morgan fingerprint density at radius 3 is 2.35 bits per heavy atom. The van der Waals surface area contributed by atoms with Gasteiger partial charge in [-0.1, -0.05) is 60.2 Å². The Morgan fingerprint density at radius 1 is 0.935 bits per heavy atom. The summed E-state index contributed by atoms with van der Waals surface area (Å²) in [6, 6.07) is 25.4. The Morgan fingerprint density at radius 2 is 1.65 bits per heavy atom. The highest BCUT2D eigenvalue weighted by atomic mass is 32.2. The van der Waals surface area contributed by atoms with Gasteiger partial charge in [-0.05, 0) is 55.3 Å². The van der Waals surface area contributed by atoms with E-state index in [0.717, 1.165) is 21.7 Å². The lowest BCUT2D eigenvalue weighted by Crippen LogP contribution is -2.42. The van der Waals surface area contributed by atoms with Gasteiger partial charge in [0, 0.05) is 36.0 Å². The summed E-state index contributed by atoms with van der Waals surface area (Å²) in [5.41, 5.74) is 4.32. The van der Waals surface area contributed by atoms with Crippen LogP contribution in [0.1, 0.15) is 23.6 Å². The van der Waals surface area contributed by atoms with Crippen molar-refractivity contribution < 1.29 is 22.7 Å². The predicted octanol–water partition coefficient (Wildman–Crippen LogP) is 4.66. The number of carbonyl (C=O) groups excluding carboxylic acids is 2. The van der Waals surface area contributed by atoms with Crippen LogP contribution in [-0.4, -0.2) is 65.5 Å². The molecule has 0 saturated carbocycles. The number of hydrogen-bond donors (Lipinski definition) is 0. The highest BCUT2D eigenvalue weighted by molar-refractivity contribution is 7.89. The molecule has 2 aliphatic rings. The number of carbonyl (C=O) groups is 2. The molecule has 3 aromatic carbocycles. The zero-order chi connectivity index (χ0) is 32.4. The molecule has 0 spiro atoms. The van der Waals surface area contributed by atoms with Gasteiger partial charge in [-0.3, -0.25) is 14.5 Å². The van der Waals surface area contributed by atoms with Gasteiger partial charge in [0.1, 0.15) is 17.3 Å². The number of hydrogen-bond acceptors (Lipinski definition) is 7. The fourth-order valence-corrected chi connectivity index (χ4v) is 6.93. The fraction of sp³-hybridized carbons (Fsp3) is 0.200. The number of amides is 2. The summed E-state index contributed by atoms with van der Waals surface area (Å²) in [5, 5.41) is 14.8. The van der Waals surface area contributed by atoms with E-state index in [2.05, 4.69) is 0 Å². The van der Waals surface area contributed by atoms with E-state index >= 15 is 0 Å². The highest BCUT2D eigenvalue weighted by Crippen LogP contribution is 2.33. The summed E-state index contributed by atoms with van der Waals surface area (Å²) in [7, 11) is -3.79.